The van der Waals surface area contributed by atoms with Gasteiger partial charge in [0.2, 0.25) is 0 Å². The van der Waals surface area contributed by atoms with Crippen molar-refractivity contribution in [2.45, 2.75) is 13.0 Å². The van der Waals surface area contributed by atoms with E-state index in [0.717, 1.165) is 6.26 Å². The summed E-state index contributed by atoms with van der Waals surface area (Å²) in [6, 6.07) is 2.63. The lowest BCUT2D eigenvalue weighted by atomic mass is 10.3. The molecule has 0 saturated heterocycles. The number of rotatable bonds is 5. The number of hydrogen-bond acceptors (Lipinski definition) is 6. The summed E-state index contributed by atoms with van der Waals surface area (Å²) < 4.78 is 22.1. The number of carbonyl (C=O) groups excluding carboxylic acids is 1. The molecule has 0 aliphatic carbocycles. The van der Waals surface area contributed by atoms with Crippen molar-refractivity contribution in [1.82, 2.24) is 10.3 Å². The van der Waals surface area contributed by atoms with Crippen LogP contribution < -0.4 is 16.6 Å². The van der Waals surface area contributed by atoms with Gasteiger partial charge in [-0.25, -0.2) is 13.4 Å². The molecule has 0 aliphatic rings. The average Bonchev–Trinajstić information content (AvgIpc) is 2.26. The fraction of sp³-hybridized carbons (Fsp3) is 0.400. The Morgan fingerprint density at radius 3 is 2.61 bits per heavy atom. The molecule has 0 aromatic carbocycles. The SMILES string of the molecule is CC(CS(C)(=O)=O)NC(=O)c1ccc(NN)cn1. The van der Waals surface area contributed by atoms with Crippen LogP contribution in [-0.2, 0) is 9.84 Å². The van der Waals surface area contributed by atoms with Gasteiger partial charge in [-0.15, -0.1) is 0 Å². The second-order valence-electron chi connectivity index (χ2n) is 4.04. The number of hydrogen-bond donors (Lipinski definition) is 3. The molecule has 0 radical (unpaired) electrons. The number of anilines is 1. The Morgan fingerprint density at radius 2 is 2.17 bits per heavy atom. The largest absolute Gasteiger partial charge is 0.347 e. The lowest BCUT2D eigenvalue weighted by molar-refractivity contribution is 0.0938. The van der Waals surface area contributed by atoms with E-state index in [1.165, 1.54) is 12.3 Å². The molecule has 1 unspecified atom stereocenters. The third-order valence-corrected chi connectivity index (χ3v) is 3.20. The number of amides is 1. The van der Waals surface area contributed by atoms with Crippen LogP contribution in [0.3, 0.4) is 0 Å². The van der Waals surface area contributed by atoms with Crippen LogP contribution in [0.25, 0.3) is 0 Å². The number of nitrogens with zero attached hydrogens (tertiary/aromatic N) is 1. The first-order valence-electron chi connectivity index (χ1n) is 5.23. The van der Waals surface area contributed by atoms with Crippen molar-refractivity contribution >= 4 is 21.4 Å². The second kappa shape index (κ2) is 5.78. The van der Waals surface area contributed by atoms with Crippen LogP contribution >= 0.6 is 0 Å². The molecule has 100 valence electrons. The normalized spacial score (nSPS) is 12.8. The summed E-state index contributed by atoms with van der Waals surface area (Å²) in [5.74, 6) is 4.64. The monoisotopic (exact) mass is 272 g/mol. The fourth-order valence-corrected chi connectivity index (χ4v) is 2.40. The molecular formula is C10H16N4O3S. The number of pyridine rings is 1. The Hall–Kier alpha value is -1.67. The van der Waals surface area contributed by atoms with Crippen molar-refractivity contribution in [2.24, 2.45) is 5.84 Å². The minimum Gasteiger partial charge on any atom is -0.347 e. The molecule has 0 fully saturated rings. The second-order valence-corrected chi connectivity index (χ2v) is 6.23. The van der Waals surface area contributed by atoms with Crippen LogP contribution in [-0.4, -0.2) is 37.4 Å². The summed E-state index contributed by atoms with van der Waals surface area (Å²) >= 11 is 0. The van der Waals surface area contributed by atoms with Gasteiger partial charge in [0.05, 0.1) is 17.6 Å². The van der Waals surface area contributed by atoms with Gasteiger partial charge in [-0.3, -0.25) is 10.6 Å². The van der Waals surface area contributed by atoms with E-state index < -0.39 is 21.8 Å². The van der Waals surface area contributed by atoms with Crippen molar-refractivity contribution in [1.29, 1.82) is 0 Å². The van der Waals surface area contributed by atoms with E-state index in [9.17, 15) is 13.2 Å². The molecule has 0 aliphatic heterocycles. The Morgan fingerprint density at radius 1 is 1.50 bits per heavy atom. The standard InChI is InChI=1S/C10H16N4O3S/c1-7(6-18(2,16)17)13-10(15)9-4-3-8(14-11)5-12-9/h3-5,7,14H,6,11H2,1-2H3,(H,13,15). The topological polar surface area (TPSA) is 114 Å². The molecule has 1 aromatic rings. The van der Waals surface area contributed by atoms with Crippen molar-refractivity contribution in [3.63, 3.8) is 0 Å². The maximum atomic E-state index is 11.7. The van der Waals surface area contributed by atoms with E-state index in [2.05, 4.69) is 15.7 Å². The maximum absolute atomic E-state index is 11.7. The van der Waals surface area contributed by atoms with Crippen LogP contribution in [0, 0.1) is 0 Å². The average molecular weight is 272 g/mol. The molecule has 8 heteroatoms. The van der Waals surface area contributed by atoms with Gasteiger partial charge in [-0.2, -0.15) is 0 Å². The molecule has 1 amide bonds. The summed E-state index contributed by atoms with van der Waals surface area (Å²) in [5, 5.41) is 2.56. The highest BCUT2D eigenvalue weighted by Crippen LogP contribution is 2.04. The minimum absolute atomic E-state index is 0.110. The Bertz CT molecular complexity index is 512. The van der Waals surface area contributed by atoms with Gasteiger partial charge in [-0.05, 0) is 19.1 Å². The molecule has 1 rings (SSSR count). The molecule has 0 spiro atoms. The van der Waals surface area contributed by atoms with Gasteiger partial charge >= 0.3 is 0 Å². The molecule has 7 nitrogen and oxygen atoms in total. The van der Waals surface area contributed by atoms with E-state index in [-0.39, 0.29) is 11.4 Å². The summed E-state index contributed by atoms with van der Waals surface area (Å²) in [5.41, 5.74) is 3.17. The lowest BCUT2D eigenvalue weighted by Gasteiger charge is -2.12. The minimum atomic E-state index is -3.12. The summed E-state index contributed by atoms with van der Waals surface area (Å²) in [4.78, 5) is 15.6. The third kappa shape index (κ3) is 4.68. The Balaban J connectivity index is 2.64. The van der Waals surface area contributed by atoms with Crippen molar-refractivity contribution in [2.75, 3.05) is 17.4 Å². The van der Waals surface area contributed by atoms with E-state index in [4.69, 9.17) is 5.84 Å². The van der Waals surface area contributed by atoms with Crippen LogP contribution in [0.2, 0.25) is 0 Å². The third-order valence-electron chi connectivity index (χ3n) is 2.09. The number of nitrogens with two attached hydrogens (primary N) is 1. The van der Waals surface area contributed by atoms with E-state index >= 15 is 0 Å². The first-order valence-corrected chi connectivity index (χ1v) is 7.29. The Kier molecular flexibility index (Phi) is 4.62. The highest BCUT2D eigenvalue weighted by Gasteiger charge is 2.14. The quantitative estimate of drug-likeness (QED) is 0.493. The van der Waals surface area contributed by atoms with Gasteiger partial charge < -0.3 is 10.7 Å². The predicted octanol–water partition coefficient (Wildman–Crippen LogP) is -0.470. The first-order chi connectivity index (χ1) is 8.31. The van der Waals surface area contributed by atoms with Crippen molar-refractivity contribution in [3.8, 4) is 0 Å². The molecule has 0 bridgehead atoms. The Labute approximate surface area is 106 Å². The summed E-state index contributed by atoms with van der Waals surface area (Å²) in [7, 11) is -3.12. The predicted molar refractivity (Wildman–Crippen MR) is 68.7 cm³/mol. The smallest absolute Gasteiger partial charge is 0.270 e. The molecular weight excluding hydrogens is 256 g/mol. The number of carbonyl (C=O) groups is 1. The zero-order chi connectivity index (χ0) is 13.8. The molecule has 1 heterocycles. The van der Waals surface area contributed by atoms with Gasteiger partial charge in [0.15, 0.2) is 0 Å². The lowest BCUT2D eigenvalue weighted by Crippen LogP contribution is -2.37. The highest BCUT2D eigenvalue weighted by atomic mass is 32.2. The van der Waals surface area contributed by atoms with Crippen molar-refractivity contribution < 1.29 is 13.2 Å². The van der Waals surface area contributed by atoms with E-state index in [1.807, 2.05) is 0 Å². The summed E-state index contributed by atoms with van der Waals surface area (Å²) in [6.45, 7) is 1.62. The zero-order valence-electron chi connectivity index (χ0n) is 10.2. The summed E-state index contributed by atoms with van der Waals surface area (Å²) in [6.07, 6.45) is 2.53. The zero-order valence-corrected chi connectivity index (χ0v) is 11.0. The molecule has 18 heavy (non-hydrogen) atoms. The van der Waals surface area contributed by atoms with Gasteiger partial charge in [0, 0.05) is 12.3 Å². The number of hydrazine groups is 1. The number of sulfone groups is 1. The van der Waals surface area contributed by atoms with E-state index in [0.29, 0.717) is 5.69 Å². The molecule has 1 atom stereocenters. The fourth-order valence-electron chi connectivity index (χ4n) is 1.41. The van der Waals surface area contributed by atoms with Gasteiger partial charge in [0.1, 0.15) is 15.5 Å². The van der Waals surface area contributed by atoms with Crippen LogP contribution in [0.4, 0.5) is 5.69 Å². The van der Waals surface area contributed by atoms with Gasteiger partial charge in [-0.1, -0.05) is 0 Å². The van der Waals surface area contributed by atoms with Gasteiger partial charge in [0.25, 0.3) is 5.91 Å². The van der Waals surface area contributed by atoms with E-state index in [1.54, 1.807) is 13.0 Å². The van der Waals surface area contributed by atoms with Crippen LogP contribution in [0.5, 0.6) is 0 Å². The van der Waals surface area contributed by atoms with Crippen molar-refractivity contribution in [3.05, 3.63) is 24.0 Å². The number of aromatic nitrogens is 1. The van der Waals surface area contributed by atoms with Crippen LogP contribution in [0.15, 0.2) is 18.3 Å². The molecule has 0 saturated carbocycles. The molecule has 4 N–H and O–H groups in total. The first kappa shape index (κ1) is 14.4. The number of nitrogens with one attached hydrogen (secondary N) is 2. The van der Waals surface area contributed by atoms with Crippen LogP contribution in [0.1, 0.15) is 17.4 Å². The molecule has 1 aromatic heterocycles. The maximum Gasteiger partial charge on any atom is 0.270 e. The number of nitrogen functional groups attached to an aromatic ring is 1. The highest BCUT2D eigenvalue weighted by molar-refractivity contribution is 7.90.